The molecule has 1 aliphatic rings. The second-order valence-electron chi connectivity index (χ2n) is 6.54. The number of fused-ring (bicyclic) bond motifs is 1. The molecule has 1 atom stereocenters. The lowest BCUT2D eigenvalue weighted by molar-refractivity contribution is 0.0934. The summed E-state index contributed by atoms with van der Waals surface area (Å²) in [6.45, 7) is 1.96. The molecule has 1 amide bonds. The molecule has 4 rings (SSSR count). The molecule has 1 aromatic carbocycles. The molecule has 0 aliphatic heterocycles. The van der Waals surface area contributed by atoms with Gasteiger partial charge in [-0.15, -0.1) is 11.3 Å². The summed E-state index contributed by atoms with van der Waals surface area (Å²) in [5.41, 5.74) is 3.10. The van der Waals surface area contributed by atoms with Crippen molar-refractivity contribution in [2.75, 3.05) is 0 Å². The van der Waals surface area contributed by atoms with Gasteiger partial charge in [0.2, 0.25) is 0 Å². The summed E-state index contributed by atoms with van der Waals surface area (Å²) in [6, 6.07) is 8.28. The van der Waals surface area contributed by atoms with Crippen LogP contribution >= 0.6 is 11.3 Å². The van der Waals surface area contributed by atoms with Crippen LogP contribution in [0.4, 0.5) is 0 Å². The summed E-state index contributed by atoms with van der Waals surface area (Å²) in [4.78, 5) is 18.6. The van der Waals surface area contributed by atoms with Crippen LogP contribution in [0.25, 0.3) is 11.3 Å². The van der Waals surface area contributed by atoms with E-state index in [1.54, 1.807) is 41.7 Å². The van der Waals surface area contributed by atoms with Gasteiger partial charge in [-0.3, -0.25) is 9.89 Å². The zero-order valence-electron chi connectivity index (χ0n) is 14.5. The Labute approximate surface area is 155 Å². The normalized spacial score (nSPS) is 14.7. The number of benzene rings is 1. The fourth-order valence-electron chi connectivity index (χ4n) is 3.11. The van der Waals surface area contributed by atoms with Crippen molar-refractivity contribution in [2.24, 2.45) is 0 Å². The van der Waals surface area contributed by atoms with Crippen LogP contribution in [0.15, 0.2) is 30.3 Å². The number of aromatic nitrogens is 3. The van der Waals surface area contributed by atoms with Gasteiger partial charge in [-0.2, -0.15) is 5.10 Å². The summed E-state index contributed by atoms with van der Waals surface area (Å²) in [7, 11) is 0. The Balaban J connectivity index is 1.46. The van der Waals surface area contributed by atoms with E-state index < -0.39 is 0 Å². The van der Waals surface area contributed by atoms with Gasteiger partial charge >= 0.3 is 0 Å². The van der Waals surface area contributed by atoms with Gasteiger partial charge in [-0.25, -0.2) is 4.98 Å². The maximum absolute atomic E-state index is 12.5. The molecule has 7 heteroatoms. The van der Waals surface area contributed by atoms with Gasteiger partial charge in [0.15, 0.2) is 0 Å². The van der Waals surface area contributed by atoms with E-state index in [2.05, 4.69) is 15.5 Å². The van der Waals surface area contributed by atoms with Crippen LogP contribution in [0.2, 0.25) is 0 Å². The third kappa shape index (κ3) is 3.35. The van der Waals surface area contributed by atoms with E-state index in [0.717, 1.165) is 23.4 Å². The lowest BCUT2D eigenvalue weighted by atomic mass is 10.0. The minimum atomic E-state index is -0.205. The minimum Gasteiger partial charge on any atom is -0.508 e. The van der Waals surface area contributed by atoms with Crippen molar-refractivity contribution in [3.8, 4) is 17.0 Å². The molecule has 3 N–H and O–H groups in total. The first kappa shape index (κ1) is 16.8. The highest BCUT2D eigenvalue weighted by Crippen LogP contribution is 2.30. The van der Waals surface area contributed by atoms with Gasteiger partial charge in [0.05, 0.1) is 17.4 Å². The number of phenolic OH excluding ortho intramolecular Hbond substituents is 1. The smallest absolute Gasteiger partial charge is 0.269 e. The number of aryl methyl sites for hydroxylation is 2. The molecule has 6 nitrogen and oxygen atoms in total. The second kappa shape index (κ2) is 6.92. The van der Waals surface area contributed by atoms with Gasteiger partial charge in [0, 0.05) is 10.4 Å². The highest BCUT2D eigenvalue weighted by molar-refractivity contribution is 7.11. The van der Waals surface area contributed by atoms with Gasteiger partial charge in [-0.05, 0) is 62.9 Å². The largest absolute Gasteiger partial charge is 0.508 e. The van der Waals surface area contributed by atoms with Crippen LogP contribution < -0.4 is 5.32 Å². The topological polar surface area (TPSA) is 90.9 Å². The number of amides is 1. The van der Waals surface area contributed by atoms with E-state index in [1.165, 1.54) is 23.4 Å². The second-order valence-corrected chi connectivity index (χ2v) is 7.65. The van der Waals surface area contributed by atoms with Crippen molar-refractivity contribution < 1.29 is 9.90 Å². The highest BCUT2D eigenvalue weighted by atomic mass is 32.1. The average molecular weight is 368 g/mol. The molecule has 0 radical (unpaired) electrons. The number of carbonyl (C=O) groups excluding carboxylic acids is 1. The van der Waals surface area contributed by atoms with Crippen molar-refractivity contribution in [1.29, 1.82) is 0 Å². The molecule has 134 valence electrons. The number of H-pyrrole nitrogens is 1. The first-order chi connectivity index (χ1) is 12.6. The summed E-state index contributed by atoms with van der Waals surface area (Å²) in [5, 5.41) is 20.3. The van der Waals surface area contributed by atoms with Crippen molar-refractivity contribution in [3.63, 3.8) is 0 Å². The SMILES string of the molecule is C[C@H](NC(=O)c1cc(-c2ccc(O)cc2)n[nH]1)c1nc2c(s1)CCCC2. The first-order valence-corrected chi connectivity index (χ1v) is 9.56. The molecule has 0 fully saturated rings. The summed E-state index contributed by atoms with van der Waals surface area (Å²) >= 11 is 1.71. The standard InChI is InChI=1S/C19H20N4O2S/c1-11(19-21-14-4-2-3-5-17(14)26-19)20-18(25)16-10-15(22-23-16)12-6-8-13(24)9-7-12/h6-11,24H,2-5H2,1H3,(H,20,25)(H,22,23)/t11-/m0/s1. The average Bonchev–Trinajstić information content (AvgIpc) is 3.29. The fourth-order valence-corrected chi connectivity index (χ4v) is 4.27. The molecule has 2 aromatic heterocycles. The van der Waals surface area contributed by atoms with Gasteiger partial charge in [0.1, 0.15) is 16.5 Å². The monoisotopic (exact) mass is 368 g/mol. The molecule has 26 heavy (non-hydrogen) atoms. The van der Waals surface area contributed by atoms with E-state index in [4.69, 9.17) is 4.98 Å². The Morgan fingerprint density at radius 3 is 2.81 bits per heavy atom. The predicted octanol–water partition coefficient (Wildman–Crippen LogP) is 3.61. The predicted molar refractivity (Wildman–Crippen MR) is 100 cm³/mol. The van der Waals surface area contributed by atoms with Gasteiger partial charge < -0.3 is 10.4 Å². The first-order valence-electron chi connectivity index (χ1n) is 8.74. The summed E-state index contributed by atoms with van der Waals surface area (Å²) in [5.74, 6) is -0.00887. The highest BCUT2D eigenvalue weighted by Gasteiger charge is 2.20. The van der Waals surface area contributed by atoms with Gasteiger partial charge in [0.25, 0.3) is 5.91 Å². The number of carbonyl (C=O) groups is 1. The lowest BCUT2D eigenvalue weighted by Gasteiger charge is -2.09. The number of aromatic hydroxyl groups is 1. The molecular formula is C19H20N4O2S. The Bertz CT molecular complexity index is 906. The lowest BCUT2D eigenvalue weighted by Crippen LogP contribution is -2.26. The number of phenols is 1. The Morgan fingerprint density at radius 1 is 1.27 bits per heavy atom. The summed E-state index contributed by atoms with van der Waals surface area (Å²) < 4.78 is 0. The van der Waals surface area contributed by atoms with E-state index in [9.17, 15) is 9.90 Å². The minimum absolute atomic E-state index is 0.140. The third-order valence-electron chi connectivity index (χ3n) is 4.57. The maximum Gasteiger partial charge on any atom is 0.269 e. The van der Waals surface area contributed by atoms with Crippen LogP contribution in [0, 0.1) is 0 Å². The van der Waals surface area contributed by atoms with E-state index in [0.29, 0.717) is 11.4 Å². The van der Waals surface area contributed by atoms with Crippen LogP contribution in [0.3, 0.4) is 0 Å². The Kier molecular flexibility index (Phi) is 4.46. The summed E-state index contributed by atoms with van der Waals surface area (Å²) in [6.07, 6.45) is 4.57. The van der Waals surface area contributed by atoms with Crippen LogP contribution in [-0.2, 0) is 12.8 Å². The number of rotatable bonds is 4. The molecule has 0 saturated heterocycles. The van der Waals surface area contributed by atoms with Crippen molar-refractivity contribution in [1.82, 2.24) is 20.5 Å². The maximum atomic E-state index is 12.5. The van der Waals surface area contributed by atoms with E-state index in [-0.39, 0.29) is 17.7 Å². The van der Waals surface area contributed by atoms with Crippen LogP contribution in [0.5, 0.6) is 5.75 Å². The molecular weight excluding hydrogens is 348 g/mol. The van der Waals surface area contributed by atoms with Crippen molar-refractivity contribution in [2.45, 2.75) is 38.6 Å². The van der Waals surface area contributed by atoms with E-state index in [1.807, 2.05) is 6.92 Å². The van der Waals surface area contributed by atoms with Crippen molar-refractivity contribution >= 4 is 17.2 Å². The quantitative estimate of drug-likeness (QED) is 0.656. The number of nitrogens with one attached hydrogen (secondary N) is 2. The van der Waals surface area contributed by atoms with E-state index >= 15 is 0 Å². The molecule has 0 saturated carbocycles. The Hall–Kier alpha value is -2.67. The third-order valence-corrected chi connectivity index (χ3v) is 5.91. The molecule has 1 aliphatic carbocycles. The number of thiazole rings is 1. The number of hydrogen-bond donors (Lipinski definition) is 3. The molecule has 0 bridgehead atoms. The molecule has 2 heterocycles. The molecule has 3 aromatic rings. The van der Waals surface area contributed by atoms with Crippen LogP contribution in [0.1, 0.15) is 51.9 Å². The number of nitrogens with zero attached hydrogens (tertiary/aromatic N) is 2. The fraction of sp³-hybridized carbons (Fsp3) is 0.316. The Morgan fingerprint density at radius 2 is 2.04 bits per heavy atom. The number of hydrogen-bond acceptors (Lipinski definition) is 5. The zero-order valence-corrected chi connectivity index (χ0v) is 15.3. The molecule has 0 unspecified atom stereocenters. The van der Waals surface area contributed by atoms with Gasteiger partial charge in [-0.1, -0.05) is 0 Å². The van der Waals surface area contributed by atoms with Crippen LogP contribution in [-0.4, -0.2) is 26.2 Å². The number of aromatic amines is 1. The zero-order chi connectivity index (χ0) is 18.1. The molecule has 0 spiro atoms. The van der Waals surface area contributed by atoms with Crippen molar-refractivity contribution in [3.05, 3.63) is 51.6 Å².